The van der Waals surface area contributed by atoms with Crippen LogP contribution in [0.5, 0.6) is 0 Å². The van der Waals surface area contributed by atoms with Crippen LogP contribution in [-0.4, -0.2) is 56.4 Å². The lowest BCUT2D eigenvalue weighted by atomic mass is 10.4. The Bertz CT molecular complexity index is 350. The quantitative estimate of drug-likeness (QED) is 0.600. The molecule has 17 heavy (non-hydrogen) atoms. The third kappa shape index (κ3) is 5.47. The zero-order valence-electron chi connectivity index (χ0n) is 9.96. The van der Waals surface area contributed by atoms with E-state index < -0.39 is 22.5 Å². The topological polar surface area (TPSA) is 83.9 Å². The minimum Gasteiger partial charge on any atom is -0.480 e. The van der Waals surface area contributed by atoms with E-state index in [4.69, 9.17) is 9.84 Å². The lowest BCUT2D eigenvalue weighted by molar-refractivity contribution is -0.137. The lowest BCUT2D eigenvalue weighted by Crippen LogP contribution is -2.38. The molecule has 0 aromatic rings. The molecule has 1 aliphatic rings. The van der Waals surface area contributed by atoms with Gasteiger partial charge < -0.3 is 9.84 Å². The number of carbonyl (C=O) groups is 1. The van der Waals surface area contributed by atoms with Crippen LogP contribution in [0.15, 0.2) is 0 Å². The SMILES string of the molecule is COCCCS(=O)(=O)N(CC(=O)O)CC1CC1. The van der Waals surface area contributed by atoms with E-state index >= 15 is 0 Å². The first-order chi connectivity index (χ1) is 7.95. The number of carboxylic acid groups (broad SMARTS) is 1. The number of nitrogens with zero attached hydrogens (tertiary/aromatic N) is 1. The van der Waals surface area contributed by atoms with Crippen LogP contribution < -0.4 is 0 Å². The number of ether oxygens (including phenoxy) is 1. The Hall–Kier alpha value is -0.660. The van der Waals surface area contributed by atoms with Gasteiger partial charge in [-0.2, -0.15) is 4.31 Å². The first-order valence-corrected chi connectivity index (χ1v) is 7.25. The monoisotopic (exact) mass is 265 g/mol. The van der Waals surface area contributed by atoms with Gasteiger partial charge in [-0.15, -0.1) is 0 Å². The van der Waals surface area contributed by atoms with Crippen LogP contribution >= 0.6 is 0 Å². The summed E-state index contributed by atoms with van der Waals surface area (Å²) in [5.74, 6) is -0.826. The molecule has 0 saturated heterocycles. The second-order valence-electron chi connectivity index (χ2n) is 4.29. The molecule has 0 atom stereocenters. The molecule has 0 aliphatic heterocycles. The molecule has 0 amide bonds. The van der Waals surface area contributed by atoms with Crippen LogP contribution in [0, 0.1) is 5.92 Å². The predicted molar refractivity (Wildman–Crippen MR) is 62.2 cm³/mol. The van der Waals surface area contributed by atoms with Crippen molar-refractivity contribution in [3.8, 4) is 0 Å². The molecular formula is C10H19NO5S. The van der Waals surface area contributed by atoms with Crippen molar-refractivity contribution >= 4 is 16.0 Å². The second-order valence-corrected chi connectivity index (χ2v) is 6.38. The lowest BCUT2D eigenvalue weighted by Gasteiger charge is -2.19. The Morgan fingerprint density at radius 2 is 2.12 bits per heavy atom. The van der Waals surface area contributed by atoms with Crippen molar-refractivity contribution < 1.29 is 23.1 Å². The average Bonchev–Trinajstić information content (AvgIpc) is 3.00. The summed E-state index contributed by atoms with van der Waals surface area (Å²) in [4.78, 5) is 10.7. The molecule has 1 rings (SSSR count). The first kappa shape index (κ1) is 14.4. The molecule has 7 heteroatoms. The summed E-state index contributed by atoms with van der Waals surface area (Å²) >= 11 is 0. The third-order valence-corrected chi connectivity index (χ3v) is 4.48. The fraction of sp³-hybridized carbons (Fsp3) is 0.900. The van der Waals surface area contributed by atoms with Gasteiger partial charge in [-0.3, -0.25) is 4.79 Å². The largest absolute Gasteiger partial charge is 0.480 e. The molecule has 0 aromatic carbocycles. The maximum atomic E-state index is 11.9. The summed E-state index contributed by atoms with van der Waals surface area (Å²) in [6.45, 7) is 0.261. The molecule has 0 aromatic heterocycles. The summed E-state index contributed by atoms with van der Waals surface area (Å²) in [6, 6.07) is 0. The Labute approximate surface area is 102 Å². The number of methoxy groups -OCH3 is 1. The van der Waals surface area contributed by atoms with Gasteiger partial charge in [-0.1, -0.05) is 0 Å². The maximum absolute atomic E-state index is 11.9. The summed E-state index contributed by atoms with van der Waals surface area (Å²) in [5.41, 5.74) is 0. The summed E-state index contributed by atoms with van der Waals surface area (Å²) in [5, 5.41) is 8.72. The third-order valence-electron chi connectivity index (χ3n) is 2.61. The van der Waals surface area contributed by atoms with Gasteiger partial charge in [0.1, 0.15) is 6.54 Å². The van der Waals surface area contributed by atoms with Gasteiger partial charge in [0.05, 0.1) is 5.75 Å². The van der Waals surface area contributed by atoms with E-state index in [9.17, 15) is 13.2 Å². The van der Waals surface area contributed by atoms with Gasteiger partial charge in [0, 0.05) is 20.3 Å². The highest BCUT2D eigenvalue weighted by Crippen LogP contribution is 2.30. The molecule has 1 aliphatic carbocycles. The van der Waals surface area contributed by atoms with Gasteiger partial charge in [-0.05, 0) is 25.2 Å². The van der Waals surface area contributed by atoms with E-state index in [0.29, 0.717) is 25.5 Å². The van der Waals surface area contributed by atoms with Gasteiger partial charge in [-0.25, -0.2) is 8.42 Å². The average molecular weight is 265 g/mol. The zero-order valence-corrected chi connectivity index (χ0v) is 10.8. The number of aliphatic carboxylic acids is 1. The molecular weight excluding hydrogens is 246 g/mol. The molecule has 0 heterocycles. The number of carboxylic acids is 1. The Morgan fingerprint density at radius 1 is 1.47 bits per heavy atom. The van der Waals surface area contributed by atoms with Crippen molar-refractivity contribution in [3.05, 3.63) is 0 Å². The molecule has 0 bridgehead atoms. The first-order valence-electron chi connectivity index (χ1n) is 5.64. The van der Waals surface area contributed by atoms with Crippen molar-refractivity contribution in [2.24, 2.45) is 5.92 Å². The van der Waals surface area contributed by atoms with Gasteiger partial charge >= 0.3 is 5.97 Å². The summed E-state index contributed by atoms with van der Waals surface area (Å²) in [6.07, 6.45) is 2.37. The van der Waals surface area contributed by atoms with Crippen LogP contribution in [-0.2, 0) is 19.6 Å². The number of sulfonamides is 1. The molecule has 6 nitrogen and oxygen atoms in total. The van der Waals surface area contributed by atoms with E-state index in [-0.39, 0.29) is 5.75 Å². The van der Waals surface area contributed by atoms with Crippen LogP contribution in [0.4, 0.5) is 0 Å². The highest BCUT2D eigenvalue weighted by molar-refractivity contribution is 7.89. The van der Waals surface area contributed by atoms with Crippen molar-refractivity contribution in [1.82, 2.24) is 4.31 Å². The van der Waals surface area contributed by atoms with E-state index in [1.807, 2.05) is 0 Å². The van der Waals surface area contributed by atoms with E-state index in [1.165, 1.54) is 7.11 Å². The fourth-order valence-corrected chi connectivity index (χ4v) is 3.02. The second kappa shape index (κ2) is 6.32. The molecule has 0 unspecified atom stereocenters. The summed E-state index contributed by atoms with van der Waals surface area (Å²) < 4.78 is 29.7. The van der Waals surface area contributed by atoms with Gasteiger partial charge in [0.2, 0.25) is 10.0 Å². The van der Waals surface area contributed by atoms with Crippen LogP contribution in [0.2, 0.25) is 0 Å². The van der Waals surface area contributed by atoms with Crippen molar-refractivity contribution in [2.75, 3.05) is 32.6 Å². The van der Waals surface area contributed by atoms with Crippen LogP contribution in [0.25, 0.3) is 0 Å². The molecule has 1 fully saturated rings. The highest BCUT2D eigenvalue weighted by atomic mass is 32.2. The molecule has 100 valence electrons. The minimum absolute atomic E-state index is 0.0547. The van der Waals surface area contributed by atoms with E-state index in [2.05, 4.69) is 0 Å². The number of hydrogen-bond donors (Lipinski definition) is 1. The van der Waals surface area contributed by atoms with E-state index in [0.717, 1.165) is 17.1 Å². The Morgan fingerprint density at radius 3 is 2.59 bits per heavy atom. The maximum Gasteiger partial charge on any atom is 0.318 e. The predicted octanol–water partition coefficient (Wildman–Crippen LogP) is 0.149. The van der Waals surface area contributed by atoms with E-state index in [1.54, 1.807) is 0 Å². The van der Waals surface area contributed by atoms with Crippen molar-refractivity contribution in [2.45, 2.75) is 19.3 Å². The molecule has 0 radical (unpaired) electrons. The van der Waals surface area contributed by atoms with Crippen LogP contribution in [0.3, 0.4) is 0 Å². The Kier molecular flexibility index (Phi) is 5.35. The van der Waals surface area contributed by atoms with Crippen molar-refractivity contribution in [1.29, 1.82) is 0 Å². The molecule has 1 N–H and O–H groups in total. The van der Waals surface area contributed by atoms with Gasteiger partial charge in [0.25, 0.3) is 0 Å². The number of hydrogen-bond acceptors (Lipinski definition) is 4. The normalized spacial score (nSPS) is 16.4. The standard InChI is InChI=1S/C10H19NO5S/c1-16-5-2-6-17(14,15)11(8-10(12)13)7-9-3-4-9/h9H,2-8H2,1H3,(H,12,13). The zero-order chi connectivity index (χ0) is 12.9. The Balaban J connectivity index is 2.55. The number of rotatable bonds is 9. The highest BCUT2D eigenvalue weighted by Gasteiger charge is 2.31. The van der Waals surface area contributed by atoms with Crippen molar-refractivity contribution in [3.63, 3.8) is 0 Å². The fourth-order valence-electron chi connectivity index (χ4n) is 1.53. The van der Waals surface area contributed by atoms with Gasteiger partial charge in [0.15, 0.2) is 0 Å². The smallest absolute Gasteiger partial charge is 0.318 e. The summed E-state index contributed by atoms with van der Waals surface area (Å²) in [7, 11) is -1.97. The van der Waals surface area contributed by atoms with Crippen LogP contribution in [0.1, 0.15) is 19.3 Å². The molecule has 0 spiro atoms. The molecule has 1 saturated carbocycles. The minimum atomic E-state index is -3.47.